The summed E-state index contributed by atoms with van der Waals surface area (Å²) in [6.45, 7) is 0. The number of aromatic carboxylic acids is 2. The summed E-state index contributed by atoms with van der Waals surface area (Å²) in [6, 6.07) is 5.64. The van der Waals surface area contributed by atoms with Crippen molar-refractivity contribution < 1.29 is 24.2 Å². The van der Waals surface area contributed by atoms with Crippen molar-refractivity contribution >= 4 is 29.1 Å². The molecule has 0 aliphatic rings. The lowest BCUT2D eigenvalue weighted by atomic mass is 10.2. The van der Waals surface area contributed by atoms with E-state index in [1.807, 2.05) is 0 Å². The highest BCUT2D eigenvalue weighted by atomic mass is 35.5. The number of aromatic nitrogens is 2. The predicted octanol–water partition coefficient (Wildman–Crippen LogP) is 2.64. The van der Waals surface area contributed by atoms with E-state index < -0.39 is 11.9 Å². The molecule has 106 valence electrons. The van der Waals surface area contributed by atoms with Gasteiger partial charge >= 0.3 is 11.9 Å². The van der Waals surface area contributed by atoms with E-state index >= 15 is 0 Å². The Morgan fingerprint density at radius 3 is 2.52 bits per heavy atom. The van der Waals surface area contributed by atoms with Crippen molar-refractivity contribution in [3.63, 3.8) is 0 Å². The molecular weight excluding hydrogens is 300 g/mol. The summed E-state index contributed by atoms with van der Waals surface area (Å²) in [5.41, 5.74) is -0.139. The third kappa shape index (κ3) is 2.13. The van der Waals surface area contributed by atoms with Gasteiger partial charge in [-0.3, -0.25) is 4.40 Å². The highest BCUT2D eigenvalue weighted by Gasteiger charge is 2.20. The van der Waals surface area contributed by atoms with Gasteiger partial charge in [-0.05, 0) is 35.9 Å². The largest absolute Gasteiger partial charge is 0.478 e. The Bertz CT molecular complexity index is 880. The van der Waals surface area contributed by atoms with E-state index in [1.165, 1.54) is 28.8 Å². The van der Waals surface area contributed by atoms with E-state index in [0.29, 0.717) is 0 Å². The minimum Gasteiger partial charge on any atom is -0.478 e. The number of pyridine rings is 1. The summed E-state index contributed by atoms with van der Waals surface area (Å²) < 4.78 is 6.66. The van der Waals surface area contributed by atoms with Crippen molar-refractivity contribution in [3.05, 3.63) is 46.9 Å². The molecule has 7 nitrogen and oxygen atoms in total. The molecule has 3 aromatic rings. The maximum atomic E-state index is 11.3. The average molecular weight is 307 g/mol. The number of carbonyl (C=O) groups is 2. The van der Waals surface area contributed by atoms with Crippen LogP contribution in [0.25, 0.3) is 17.1 Å². The quantitative estimate of drug-likeness (QED) is 0.770. The second-order valence-corrected chi connectivity index (χ2v) is 4.54. The lowest BCUT2D eigenvalue weighted by Crippen LogP contribution is -2.00. The summed E-state index contributed by atoms with van der Waals surface area (Å²) >= 11 is 5.70. The van der Waals surface area contributed by atoms with Crippen molar-refractivity contribution in [2.24, 2.45) is 0 Å². The summed E-state index contributed by atoms with van der Waals surface area (Å²) in [5, 5.41) is 18.3. The van der Waals surface area contributed by atoms with Crippen molar-refractivity contribution in [1.82, 2.24) is 9.38 Å². The molecule has 21 heavy (non-hydrogen) atoms. The van der Waals surface area contributed by atoms with Gasteiger partial charge in [-0.25, -0.2) is 14.6 Å². The highest BCUT2D eigenvalue weighted by molar-refractivity contribution is 6.29. The van der Waals surface area contributed by atoms with Gasteiger partial charge in [-0.2, -0.15) is 0 Å². The van der Waals surface area contributed by atoms with Crippen LogP contribution in [0.5, 0.6) is 0 Å². The monoisotopic (exact) mass is 306 g/mol. The number of nitrogens with zero attached hydrogens (tertiary/aromatic N) is 2. The molecule has 0 amide bonds. The minimum atomic E-state index is -1.26. The third-order valence-corrected chi connectivity index (χ3v) is 3.09. The zero-order valence-electron chi connectivity index (χ0n) is 10.3. The summed E-state index contributed by atoms with van der Waals surface area (Å²) in [6.07, 6.45) is 1.42. The molecule has 3 heterocycles. The molecule has 0 unspecified atom stereocenters. The Balaban J connectivity index is 2.32. The van der Waals surface area contributed by atoms with Crippen molar-refractivity contribution in [2.75, 3.05) is 0 Å². The molecule has 0 radical (unpaired) electrons. The van der Waals surface area contributed by atoms with E-state index in [2.05, 4.69) is 4.98 Å². The number of fused-ring (bicyclic) bond motifs is 1. The predicted molar refractivity (Wildman–Crippen MR) is 71.8 cm³/mol. The van der Waals surface area contributed by atoms with Crippen LogP contribution in [0.15, 0.2) is 34.9 Å². The fraction of sp³-hybridized carbons (Fsp3) is 0. The summed E-state index contributed by atoms with van der Waals surface area (Å²) in [4.78, 5) is 26.2. The number of rotatable bonds is 3. The van der Waals surface area contributed by atoms with Crippen LogP contribution in [-0.4, -0.2) is 31.5 Å². The summed E-state index contributed by atoms with van der Waals surface area (Å²) in [7, 11) is 0. The number of hydrogen-bond acceptors (Lipinski definition) is 4. The lowest BCUT2D eigenvalue weighted by molar-refractivity contribution is 0.0682. The molecule has 0 bridgehead atoms. The first-order valence-corrected chi connectivity index (χ1v) is 6.09. The summed E-state index contributed by atoms with van der Waals surface area (Å²) in [5.74, 6) is -1.91. The molecule has 0 saturated heterocycles. The fourth-order valence-corrected chi connectivity index (χ4v) is 2.13. The Hall–Kier alpha value is -2.80. The van der Waals surface area contributed by atoms with Crippen molar-refractivity contribution in [3.8, 4) is 11.6 Å². The van der Waals surface area contributed by atoms with E-state index in [4.69, 9.17) is 21.1 Å². The van der Waals surface area contributed by atoms with Crippen LogP contribution in [0, 0.1) is 0 Å². The van der Waals surface area contributed by atoms with E-state index in [0.717, 1.165) is 0 Å². The van der Waals surface area contributed by atoms with Gasteiger partial charge in [0, 0.05) is 6.20 Å². The average Bonchev–Trinajstić information content (AvgIpc) is 3.01. The molecule has 0 aromatic carbocycles. The third-order valence-electron chi connectivity index (χ3n) is 2.89. The fourth-order valence-electron chi connectivity index (χ4n) is 1.98. The first kappa shape index (κ1) is 13.2. The van der Waals surface area contributed by atoms with Gasteiger partial charge in [0.2, 0.25) is 0 Å². The number of carboxylic acid groups (broad SMARTS) is 2. The van der Waals surface area contributed by atoms with Gasteiger partial charge in [-0.1, -0.05) is 0 Å². The Morgan fingerprint density at radius 1 is 1.19 bits per heavy atom. The number of carboxylic acids is 2. The van der Waals surface area contributed by atoms with Crippen LogP contribution in [0.3, 0.4) is 0 Å². The van der Waals surface area contributed by atoms with E-state index in [1.54, 1.807) is 6.07 Å². The van der Waals surface area contributed by atoms with Crippen molar-refractivity contribution in [1.29, 1.82) is 0 Å². The minimum absolute atomic E-state index is 0.0334. The molecule has 3 aromatic heterocycles. The van der Waals surface area contributed by atoms with Crippen LogP contribution in [0.2, 0.25) is 5.22 Å². The SMILES string of the molecule is O=C(O)c1ccn2c(-c3ccc(Cl)o3)nc(C(=O)O)c2c1. The Labute approximate surface area is 122 Å². The van der Waals surface area contributed by atoms with Gasteiger partial charge in [-0.15, -0.1) is 0 Å². The number of imidazole rings is 1. The Kier molecular flexibility index (Phi) is 2.91. The number of hydrogen-bond donors (Lipinski definition) is 2. The molecule has 0 saturated carbocycles. The molecule has 0 aliphatic carbocycles. The van der Waals surface area contributed by atoms with Gasteiger partial charge < -0.3 is 14.6 Å². The number of furan rings is 1. The zero-order valence-corrected chi connectivity index (χ0v) is 11.0. The molecule has 8 heteroatoms. The van der Waals surface area contributed by atoms with Crippen LogP contribution in [0.1, 0.15) is 20.8 Å². The topological polar surface area (TPSA) is 105 Å². The Morgan fingerprint density at radius 2 is 1.95 bits per heavy atom. The standard InChI is InChI=1S/C13H7ClN2O5/c14-9-2-1-8(21-9)11-15-10(13(19)20)7-5-6(12(17)18)3-4-16(7)11/h1-5H,(H,17,18)(H,19,20). The highest BCUT2D eigenvalue weighted by Crippen LogP contribution is 2.27. The van der Waals surface area contributed by atoms with Gasteiger partial charge in [0.25, 0.3) is 0 Å². The van der Waals surface area contributed by atoms with Crippen LogP contribution in [0.4, 0.5) is 0 Å². The molecule has 0 atom stereocenters. The molecule has 0 spiro atoms. The second-order valence-electron chi connectivity index (χ2n) is 4.17. The normalized spacial score (nSPS) is 10.9. The number of halogens is 1. The molecule has 2 N–H and O–H groups in total. The van der Waals surface area contributed by atoms with E-state index in [-0.39, 0.29) is 33.6 Å². The van der Waals surface area contributed by atoms with E-state index in [9.17, 15) is 14.7 Å². The smallest absolute Gasteiger partial charge is 0.356 e. The van der Waals surface area contributed by atoms with Crippen LogP contribution < -0.4 is 0 Å². The molecule has 0 aliphatic heterocycles. The van der Waals surface area contributed by atoms with Gasteiger partial charge in [0.1, 0.15) is 0 Å². The first-order valence-electron chi connectivity index (χ1n) is 5.72. The van der Waals surface area contributed by atoms with Crippen LogP contribution >= 0.6 is 11.6 Å². The molecule has 0 fully saturated rings. The lowest BCUT2D eigenvalue weighted by Gasteiger charge is -2.00. The first-order chi connectivity index (χ1) is 9.97. The second kappa shape index (κ2) is 4.64. The van der Waals surface area contributed by atoms with Gasteiger partial charge in [0.05, 0.1) is 11.1 Å². The molecule has 3 rings (SSSR count). The van der Waals surface area contributed by atoms with Gasteiger partial charge in [0.15, 0.2) is 22.5 Å². The maximum absolute atomic E-state index is 11.3. The van der Waals surface area contributed by atoms with Crippen LogP contribution in [-0.2, 0) is 0 Å². The molecular formula is C13H7ClN2O5. The van der Waals surface area contributed by atoms with Crippen molar-refractivity contribution in [2.45, 2.75) is 0 Å². The zero-order chi connectivity index (χ0) is 15.1. The maximum Gasteiger partial charge on any atom is 0.356 e.